The van der Waals surface area contributed by atoms with E-state index < -0.39 is 18.2 Å². The van der Waals surface area contributed by atoms with Crippen molar-refractivity contribution in [1.82, 2.24) is 0 Å². The van der Waals surface area contributed by atoms with Crippen LogP contribution in [-0.4, -0.2) is 38.7 Å². The van der Waals surface area contributed by atoms with E-state index in [2.05, 4.69) is 0 Å². The first-order valence-electron chi connectivity index (χ1n) is 6.71. The molecule has 0 saturated heterocycles. The van der Waals surface area contributed by atoms with Crippen molar-refractivity contribution >= 4 is 22.7 Å². The van der Waals surface area contributed by atoms with Crippen LogP contribution in [0.5, 0.6) is 0 Å². The Morgan fingerprint density at radius 2 is 1.32 bits per heavy atom. The number of carbonyl (C=O) groups is 2. The summed E-state index contributed by atoms with van der Waals surface area (Å²) in [5, 5.41) is 35.2. The van der Waals surface area contributed by atoms with Gasteiger partial charge < -0.3 is 20.4 Å². The molecule has 0 aliphatic carbocycles. The zero-order valence-electron chi connectivity index (χ0n) is 12.1. The van der Waals surface area contributed by atoms with Crippen molar-refractivity contribution in [1.29, 1.82) is 0 Å². The zero-order valence-corrected chi connectivity index (χ0v) is 12.1. The van der Waals surface area contributed by atoms with Crippen molar-refractivity contribution in [2.45, 2.75) is 26.1 Å². The highest BCUT2D eigenvalue weighted by atomic mass is 16.5. The van der Waals surface area contributed by atoms with Crippen LogP contribution in [0.25, 0.3) is 10.8 Å². The van der Waals surface area contributed by atoms with Crippen molar-refractivity contribution in [2.75, 3.05) is 0 Å². The monoisotopic (exact) mass is 306 g/mol. The second kappa shape index (κ2) is 8.11. The minimum atomic E-state index is -1.10. The summed E-state index contributed by atoms with van der Waals surface area (Å²) >= 11 is 0. The predicted molar refractivity (Wildman–Crippen MR) is 81.0 cm³/mol. The first-order valence-corrected chi connectivity index (χ1v) is 6.71. The van der Waals surface area contributed by atoms with Gasteiger partial charge in [0.2, 0.25) is 0 Å². The first-order chi connectivity index (χ1) is 10.3. The van der Waals surface area contributed by atoms with E-state index in [1.807, 2.05) is 6.92 Å². The predicted octanol–water partition coefficient (Wildman–Crippen LogP) is 2.33. The summed E-state index contributed by atoms with van der Waals surface area (Å²) in [5.74, 6) is -1.99. The van der Waals surface area contributed by atoms with Crippen LogP contribution >= 0.6 is 0 Å². The van der Waals surface area contributed by atoms with E-state index in [1.54, 1.807) is 12.1 Å². The fourth-order valence-electron chi connectivity index (χ4n) is 1.77. The molecule has 0 spiro atoms. The summed E-state index contributed by atoms with van der Waals surface area (Å²) in [6.07, 6.45) is 0.215. The minimum Gasteiger partial charge on any atom is -0.478 e. The molecular formula is C16H18O6. The molecule has 0 radical (unpaired) electrons. The van der Waals surface area contributed by atoms with Crippen LogP contribution in [0.4, 0.5) is 0 Å². The Balaban J connectivity index is 0.000000346. The van der Waals surface area contributed by atoms with Gasteiger partial charge in [-0.05, 0) is 41.5 Å². The van der Waals surface area contributed by atoms with Crippen LogP contribution in [0.15, 0.2) is 36.4 Å². The SMILES string of the molecule is CCCC(O)O.O=C(O)c1ccc2cc(C(=O)O)ccc2c1. The average molecular weight is 306 g/mol. The van der Waals surface area contributed by atoms with Crippen molar-refractivity contribution in [2.24, 2.45) is 0 Å². The summed E-state index contributed by atoms with van der Waals surface area (Å²) in [7, 11) is 0. The number of aromatic carboxylic acids is 2. The Hall–Kier alpha value is -2.44. The molecule has 2 aromatic carbocycles. The molecule has 4 N–H and O–H groups in total. The van der Waals surface area contributed by atoms with E-state index in [0.717, 1.165) is 6.42 Å². The maximum Gasteiger partial charge on any atom is 0.335 e. The van der Waals surface area contributed by atoms with Crippen molar-refractivity contribution in [3.8, 4) is 0 Å². The van der Waals surface area contributed by atoms with Crippen LogP contribution in [0, 0.1) is 0 Å². The summed E-state index contributed by atoms with van der Waals surface area (Å²) in [6.45, 7) is 1.90. The Bertz CT molecular complexity index is 609. The molecule has 2 aromatic rings. The summed E-state index contributed by atoms with van der Waals surface area (Å²) < 4.78 is 0. The van der Waals surface area contributed by atoms with Crippen molar-refractivity contribution < 1.29 is 30.0 Å². The summed E-state index contributed by atoms with van der Waals surface area (Å²) in [5.41, 5.74) is 0.381. The van der Waals surface area contributed by atoms with Gasteiger partial charge >= 0.3 is 11.9 Å². The number of carboxylic acid groups (broad SMARTS) is 2. The molecule has 0 aliphatic rings. The third-order valence-corrected chi connectivity index (χ3v) is 2.88. The fraction of sp³-hybridized carbons (Fsp3) is 0.250. The molecule has 6 heteroatoms. The smallest absolute Gasteiger partial charge is 0.335 e. The Kier molecular flexibility index (Phi) is 6.49. The van der Waals surface area contributed by atoms with Crippen LogP contribution < -0.4 is 0 Å². The molecule has 0 aliphatic heterocycles. The molecule has 2 rings (SSSR count). The number of benzene rings is 2. The number of hydrogen-bond acceptors (Lipinski definition) is 4. The lowest BCUT2D eigenvalue weighted by Gasteiger charge is -2.01. The van der Waals surface area contributed by atoms with Gasteiger partial charge in [0.15, 0.2) is 6.29 Å². The second-order valence-electron chi connectivity index (χ2n) is 4.66. The second-order valence-corrected chi connectivity index (χ2v) is 4.66. The maximum atomic E-state index is 10.7. The van der Waals surface area contributed by atoms with Gasteiger partial charge in [0.1, 0.15) is 0 Å². The quantitative estimate of drug-likeness (QED) is 0.644. The van der Waals surface area contributed by atoms with E-state index in [0.29, 0.717) is 17.2 Å². The van der Waals surface area contributed by atoms with E-state index in [1.165, 1.54) is 24.3 Å². The van der Waals surface area contributed by atoms with E-state index in [-0.39, 0.29) is 11.1 Å². The lowest BCUT2D eigenvalue weighted by atomic mass is 10.0. The molecule has 0 saturated carbocycles. The third kappa shape index (κ3) is 5.16. The first kappa shape index (κ1) is 17.6. The maximum absolute atomic E-state index is 10.7. The molecule has 0 heterocycles. The zero-order chi connectivity index (χ0) is 16.7. The number of aliphatic hydroxyl groups is 2. The van der Waals surface area contributed by atoms with E-state index >= 15 is 0 Å². The third-order valence-electron chi connectivity index (χ3n) is 2.88. The molecule has 0 unspecified atom stereocenters. The van der Waals surface area contributed by atoms with Crippen LogP contribution in [0.3, 0.4) is 0 Å². The highest BCUT2D eigenvalue weighted by Gasteiger charge is 2.06. The molecule has 0 bridgehead atoms. The number of carboxylic acids is 2. The Morgan fingerprint density at radius 3 is 1.55 bits per heavy atom. The molecule has 0 aromatic heterocycles. The van der Waals surface area contributed by atoms with Gasteiger partial charge in [-0.2, -0.15) is 0 Å². The molecule has 0 atom stereocenters. The van der Waals surface area contributed by atoms with Crippen molar-refractivity contribution in [3.05, 3.63) is 47.5 Å². The van der Waals surface area contributed by atoms with Gasteiger partial charge in [-0.3, -0.25) is 0 Å². The fourth-order valence-corrected chi connectivity index (χ4v) is 1.77. The highest BCUT2D eigenvalue weighted by Crippen LogP contribution is 2.18. The number of fused-ring (bicyclic) bond motifs is 1. The Labute approximate surface area is 127 Å². The Morgan fingerprint density at radius 1 is 0.909 bits per heavy atom. The highest BCUT2D eigenvalue weighted by molar-refractivity contribution is 5.97. The van der Waals surface area contributed by atoms with Crippen LogP contribution in [-0.2, 0) is 0 Å². The van der Waals surface area contributed by atoms with Crippen molar-refractivity contribution in [3.63, 3.8) is 0 Å². The molecule has 0 fully saturated rings. The van der Waals surface area contributed by atoms with E-state index in [4.69, 9.17) is 20.4 Å². The van der Waals surface area contributed by atoms with Gasteiger partial charge in [-0.15, -0.1) is 0 Å². The molecule has 118 valence electrons. The molecular weight excluding hydrogens is 288 g/mol. The minimum absolute atomic E-state index is 0.190. The molecule has 0 amide bonds. The number of rotatable bonds is 4. The van der Waals surface area contributed by atoms with Crippen LogP contribution in [0.1, 0.15) is 40.5 Å². The van der Waals surface area contributed by atoms with Gasteiger partial charge in [0.05, 0.1) is 11.1 Å². The van der Waals surface area contributed by atoms with Gasteiger partial charge in [0, 0.05) is 0 Å². The lowest BCUT2D eigenvalue weighted by Crippen LogP contribution is -2.01. The number of aliphatic hydroxyl groups excluding tert-OH is 1. The van der Waals surface area contributed by atoms with E-state index in [9.17, 15) is 9.59 Å². The average Bonchev–Trinajstić information content (AvgIpc) is 2.46. The molecule has 6 nitrogen and oxygen atoms in total. The normalized spacial score (nSPS) is 10.2. The topological polar surface area (TPSA) is 115 Å². The summed E-state index contributed by atoms with van der Waals surface area (Å²) in [6, 6.07) is 9.15. The lowest BCUT2D eigenvalue weighted by molar-refractivity contribution is -0.0453. The molecule has 22 heavy (non-hydrogen) atoms. The van der Waals surface area contributed by atoms with Crippen LogP contribution in [0.2, 0.25) is 0 Å². The number of hydrogen-bond donors (Lipinski definition) is 4. The van der Waals surface area contributed by atoms with Gasteiger partial charge in [-0.25, -0.2) is 9.59 Å². The van der Waals surface area contributed by atoms with Gasteiger partial charge in [-0.1, -0.05) is 25.5 Å². The van der Waals surface area contributed by atoms with Gasteiger partial charge in [0.25, 0.3) is 0 Å². The standard InChI is InChI=1S/C12H8O4.C4H10O2/c13-11(14)9-3-1-7-5-10(12(15)16)4-2-8(7)6-9;1-2-3-4(5)6/h1-6H,(H,13,14)(H,15,16);4-6H,2-3H2,1H3. The largest absolute Gasteiger partial charge is 0.478 e. The summed E-state index contributed by atoms with van der Waals surface area (Å²) in [4.78, 5) is 21.5.